The summed E-state index contributed by atoms with van der Waals surface area (Å²) < 4.78 is 343. The van der Waals surface area contributed by atoms with Crippen LogP contribution in [-0.2, 0) is 56.0 Å². The van der Waals surface area contributed by atoms with E-state index in [0.29, 0.717) is 0 Å². The first-order valence-electron chi connectivity index (χ1n) is 23.1. The Labute approximate surface area is 444 Å². The quantitative estimate of drug-likeness (QED) is 0.0702. The highest BCUT2D eigenvalue weighted by molar-refractivity contribution is 7.20. The first-order valence-corrected chi connectivity index (χ1v) is 23.1. The van der Waals surface area contributed by atoms with Crippen molar-refractivity contribution in [2.45, 2.75) is 56.0 Å². The monoisotopic (exact) mass is 1180 g/mol. The molecule has 430 valence electrons. The number of hydrogen-bond donors (Lipinski definition) is 0. The predicted octanol–water partition coefficient (Wildman–Crippen LogP) is 16.1. The van der Waals surface area contributed by atoms with Gasteiger partial charge in [-0.1, -0.05) is 97.1 Å². The van der Waals surface area contributed by atoms with Crippen molar-refractivity contribution in [2.24, 2.45) is 0 Å². The van der Waals surface area contributed by atoms with Crippen LogP contribution in [0.5, 0.6) is 0 Å². The van der Waals surface area contributed by atoms with E-state index in [0.717, 1.165) is 6.54 Å². The molecule has 0 saturated heterocycles. The minimum Gasteiger partial charge on any atom is -0.252 e. The molecule has 0 N–H and O–H groups in total. The maximum absolute atomic E-state index is 14.2. The van der Waals surface area contributed by atoms with E-state index in [1.54, 1.807) is 0 Å². The summed E-state index contributed by atoms with van der Waals surface area (Å²) in [5.74, 6) is 0. The van der Waals surface area contributed by atoms with Crippen molar-refractivity contribution < 1.29 is 110 Å². The van der Waals surface area contributed by atoms with Crippen LogP contribution in [0, 0.1) is 0 Å². The van der Waals surface area contributed by atoms with Gasteiger partial charge in [0.25, 0.3) is 0 Å². The smallest absolute Gasteiger partial charge is 0.252 e. The maximum atomic E-state index is 14.2. The molecule has 0 aliphatic carbocycles. The molecule has 0 unspecified atom stereocenters. The number of benzene rings is 8. The Morgan fingerprint density at radius 2 is 0.561 bits per heavy atom. The maximum Gasteiger partial charge on any atom is 0.416 e. The third-order valence-corrected chi connectivity index (χ3v) is 13.3. The van der Waals surface area contributed by atoms with Gasteiger partial charge in [-0.05, 0) is 74.8 Å². The number of hydrogen-bond acceptors (Lipinski definition) is 1. The van der Waals surface area contributed by atoms with Gasteiger partial charge in [-0.25, -0.2) is 0 Å². The average molecular weight is 1180 g/mol. The molecule has 2 nitrogen and oxygen atoms in total. The molecule has 8 aromatic carbocycles. The summed E-state index contributed by atoms with van der Waals surface area (Å²) in [6.07, 6.45) is -47.1. The summed E-state index contributed by atoms with van der Waals surface area (Å²) in [6, 6.07) is 15.4. The van der Waals surface area contributed by atoms with Gasteiger partial charge < -0.3 is 0 Å². The second-order valence-electron chi connectivity index (χ2n) is 18.6. The Balaban J connectivity index is 0.000000288. The molecule has 0 saturated carbocycles. The summed E-state index contributed by atoms with van der Waals surface area (Å²) >= 11 is 0. The van der Waals surface area contributed by atoms with Gasteiger partial charge in [0.1, 0.15) is 6.15 Å². The lowest BCUT2D eigenvalue weighted by atomic mass is 9.12. The van der Waals surface area contributed by atoms with Gasteiger partial charge in [-0.15, -0.1) is 0 Å². The molecule has 1 aromatic heterocycles. The molecule has 82 heavy (non-hydrogen) atoms. The van der Waals surface area contributed by atoms with Crippen molar-refractivity contribution in [1.82, 2.24) is 4.98 Å². The van der Waals surface area contributed by atoms with Gasteiger partial charge in [-0.2, -0.15) is 132 Å². The average Bonchev–Trinajstić information content (AvgIpc) is 3.57. The molecule has 0 bridgehead atoms. The number of rotatable bonds is 6. The number of aromatic nitrogens is 2. The van der Waals surface area contributed by atoms with Crippen LogP contribution in [0.3, 0.4) is 0 Å². The fraction of sp³-hybridized carbons (Fsp3) is 0.164. The largest absolute Gasteiger partial charge is 0.416 e. The van der Waals surface area contributed by atoms with E-state index in [1.165, 1.54) is 37.9 Å². The Morgan fingerprint density at radius 1 is 0.293 bits per heavy atom. The van der Waals surface area contributed by atoms with Crippen molar-refractivity contribution in [2.75, 3.05) is 0 Å². The number of nitrogens with zero attached hydrogens (tertiary/aromatic N) is 2. The van der Waals surface area contributed by atoms with Crippen LogP contribution < -0.4 is 26.4 Å². The molecule has 0 atom stereocenters. The van der Waals surface area contributed by atoms with E-state index < -0.39 is 195 Å². The van der Waals surface area contributed by atoms with E-state index in [-0.39, 0.29) is 0 Å². The van der Waals surface area contributed by atoms with Gasteiger partial charge in [0.2, 0.25) is 0 Å². The molecule has 1 heterocycles. The number of alkyl halides is 24. The van der Waals surface area contributed by atoms with E-state index >= 15 is 0 Å². The molecule has 9 aromatic rings. The zero-order chi connectivity index (χ0) is 60.6. The van der Waals surface area contributed by atoms with Gasteiger partial charge in [0, 0.05) is 5.56 Å². The molecule has 0 radical (unpaired) electrons. The summed E-state index contributed by atoms with van der Waals surface area (Å²) in [5, 5.41) is 7.78. The third-order valence-electron chi connectivity index (χ3n) is 13.3. The Morgan fingerprint density at radius 3 is 0.866 bits per heavy atom. The van der Waals surface area contributed by atoms with Crippen LogP contribution >= 0.6 is 0 Å². The Bertz CT molecular complexity index is 3410. The zero-order valence-corrected chi connectivity index (χ0v) is 40.3. The van der Waals surface area contributed by atoms with Crippen LogP contribution in [0.15, 0.2) is 164 Å². The lowest BCUT2D eigenvalue weighted by Crippen LogP contribution is -2.75. The molecular formula is C55H29BF24N2. The van der Waals surface area contributed by atoms with Crippen LogP contribution in [0.4, 0.5) is 105 Å². The van der Waals surface area contributed by atoms with Crippen molar-refractivity contribution in [1.29, 1.82) is 0 Å². The summed E-state index contributed by atoms with van der Waals surface area (Å²) in [6.45, 7) is 0.832. The van der Waals surface area contributed by atoms with Crippen molar-refractivity contribution in [3.63, 3.8) is 0 Å². The minimum atomic E-state index is -6.13. The van der Waals surface area contributed by atoms with Gasteiger partial charge in [0.15, 0.2) is 18.9 Å². The van der Waals surface area contributed by atoms with Crippen LogP contribution in [0.1, 0.15) is 50.1 Å². The first kappa shape index (κ1) is 60.1. The summed E-state index contributed by atoms with van der Waals surface area (Å²) in [7, 11) is 0. The topological polar surface area (TPSA) is 16.8 Å². The van der Waals surface area contributed by atoms with Crippen molar-refractivity contribution in [3.8, 4) is 0 Å². The lowest BCUT2D eigenvalue weighted by Gasteiger charge is -2.46. The third kappa shape index (κ3) is 12.6. The van der Waals surface area contributed by atoms with Gasteiger partial charge in [-0.3, -0.25) is 4.98 Å². The van der Waals surface area contributed by atoms with Crippen molar-refractivity contribution >= 4 is 60.3 Å². The predicted molar refractivity (Wildman–Crippen MR) is 253 cm³/mol. The van der Waals surface area contributed by atoms with Gasteiger partial charge in [0.05, 0.1) is 56.9 Å². The first-order chi connectivity index (χ1) is 37.6. The fourth-order valence-electron chi connectivity index (χ4n) is 9.73. The molecule has 27 heteroatoms. The molecule has 9 rings (SSSR count). The molecule has 0 amide bonds. The van der Waals surface area contributed by atoms with Gasteiger partial charge >= 0.3 is 49.4 Å². The van der Waals surface area contributed by atoms with Crippen LogP contribution in [0.2, 0.25) is 0 Å². The van der Waals surface area contributed by atoms with Crippen LogP contribution in [-0.4, -0.2) is 11.1 Å². The highest BCUT2D eigenvalue weighted by atomic mass is 19.4. The normalized spacial score (nSPS) is 13.4. The summed E-state index contributed by atoms with van der Waals surface area (Å²) in [5.41, 5.74) is -28.8. The Kier molecular flexibility index (Phi) is 15.2. The zero-order valence-electron chi connectivity index (χ0n) is 40.3. The SMILES string of the molecule is FC(F)(F)c1cc([B-](c2cc(C(F)(F)F)cc(C(F)(F)F)c2)(c2cc(C(F)(F)F)cc(C(F)(F)F)c2)c2cc(C(F)(F)F)cc(C(F)(F)F)c2)cc(C(F)(F)F)c1.c1ccc2cc3c(C[n+]4ccncc4)c4ccccc4cc3cc2c1. The highest BCUT2D eigenvalue weighted by Gasteiger charge is 2.47. The van der Waals surface area contributed by atoms with Crippen molar-refractivity contribution in [3.05, 3.63) is 214 Å². The fourth-order valence-corrected chi connectivity index (χ4v) is 9.73. The molecule has 0 aliphatic rings. The number of fused-ring (bicyclic) bond motifs is 3. The van der Waals surface area contributed by atoms with E-state index in [4.69, 9.17) is 0 Å². The Hall–Kier alpha value is -8.00. The molecular weight excluding hydrogens is 1160 g/mol. The lowest BCUT2D eigenvalue weighted by molar-refractivity contribution is -0.688. The van der Waals surface area contributed by atoms with E-state index in [2.05, 4.69) is 76.3 Å². The van der Waals surface area contributed by atoms with Crippen LogP contribution in [0.25, 0.3) is 32.3 Å². The number of halogens is 24. The molecule has 0 fully saturated rings. The van der Waals surface area contributed by atoms with E-state index in [1.807, 2.05) is 24.8 Å². The van der Waals surface area contributed by atoms with E-state index in [9.17, 15) is 105 Å². The molecule has 0 aliphatic heterocycles. The second-order valence-corrected chi connectivity index (χ2v) is 18.6. The summed E-state index contributed by atoms with van der Waals surface area (Å²) in [4.78, 5) is 4.13. The standard InChI is InChI=1S/C32H12BF24.C23H17N2/c34-25(35,36)13-1-14(26(37,38)39)6-21(5-13)33(22-7-15(27(40,41)42)2-16(8-22)28(43,44)45,23-9-17(29(46,47)48)3-18(10-23)30(49,50)51)24-11-19(31(52,53)54)4-20(12-24)32(55,56)57;1-2-6-18-15-22-20(13-17(18)5-1)14-19-7-3-4-8-21(19)23(22)16-25-11-9-24-10-12-25/h1-12H;1-15H,16H2/q-1;+1. The molecule has 0 spiro atoms. The second kappa shape index (κ2) is 20.8. The minimum absolute atomic E-state index is 0.691. The highest BCUT2D eigenvalue weighted by Crippen LogP contribution is 2.42.